The number of aromatic nitrogens is 2. The number of fused-ring (bicyclic) bond motifs is 1. The molecule has 3 nitrogen and oxygen atoms in total. The second-order valence-electron chi connectivity index (χ2n) is 4.79. The molecule has 3 aromatic rings. The summed E-state index contributed by atoms with van der Waals surface area (Å²) in [4.78, 5) is 4.72. The van der Waals surface area contributed by atoms with Crippen molar-refractivity contribution < 1.29 is 0 Å². The number of nitrogens with two attached hydrogens (primary N) is 1. The van der Waals surface area contributed by atoms with E-state index in [1.54, 1.807) is 0 Å². The average Bonchev–Trinajstić information content (AvgIpc) is 2.80. The summed E-state index contributed by atoms with van der Waals surface area (Å²) in [5.41, 5.74) is 9.68. The topological polar surface area (TPSA) is 43.8 Å². The number of para-hydroxylation sites is 2. The molecule has 102 valence electrons. The number of nitrogens with zero attached hydrogens (tertiary/aromatic N) is 2. The lowest BCUT2D eigenvalue weighted by Crippen LogP contribution is -2.02. The molecular formula is C16H16ClN3. The van der Waals surface area contributed by atoms with Gasteiger partial charge in [0.1, 0.15) is 5.82 Å². The van der Waals surface area contributed by atoms with Gasteiger partial charge in [-0.1, -0.05) is 29.8 Å². The summed E-state index contributed by atoms with van der Waals surface area (Å²) in [6.07, 6.45) is 0.753. The summed E-state index contributed by atoms with van der Waals surface area (Å²) in [5, 5.41) is 0.599. The minimum absolute atomic E-state index is 0.599. The highest BCUT2D eigenvalue weighted by molar-refractivity contribution is 6.33. The normalized spacial score (nSPS) is 11.1. The molecule has 0 saturated carbocycles. The maximum atomic E-state index is 6.08. The van der Waals surface area contributed by atoms with Crippen LogP contribution in [0.2, 0.25) is 5.02 Å². The van der Waals surface area contributed by atoms with Crippen LogP contribution in [-0.4, -0.2) is 9.55 Å². The van der Waals surface area contributed by atoms with Crippen molar-refractivity contribution in [1.29, 1.82) is 0 Å². The van der Waals surface area contributed by atoms with Crippen LogP contribution in [0.25, 0.3) is 11.0 Å². The zero-order valence-electron chi connectivity index (χ0n) is 11.3. The van der Waals surface area contributed by atoms with E-state index in [0.29, 0.717) is 10.7 Å². The van der Waals surface area contributed by atoms with Gasteiger partial charge in [0.05, 0.1) is 21.7 Å². The number of halogens is 1. The molecule has 3 rings (SSSR count). The van der Waals surface area contributed by atoms with E-state index >= 15 is 0 Å². The van der Waals surface area contributed by atoms with Crippen LogP contribution in [0.1, 0.15) is 18.3 Å². The van der Waals surface area contributed by atoms with E-state index in [2.05, 4.69) is 17.6 Å². The van der Waals surface area contributed by atoms with Crippen molar-refractivity contribution in [3.05, 3.63) is 58.9 Å². The van der Waals surface area contributed by atoms with Gasteiger partial charge in [0.15, 0.2) is 0 Å². The monoisotopic (exact) mass is 285 g/mol. The van der Waals surface area contributed by atoms with E-state index in [0.717, 1.165) is 29.9 Å². The molecule has 1 aromatic heterocycles. The minimum Gasteiger partial charge on any atom is -0.398 e. The zero-order chi connectivity index (χ0) is 14.1. The summed E-state index contributed by atoms with van der Waals surface area (Å²) < 4.78 is 2.24. The molecule has 20 heavy (non-hydrogen) atoms. The molecule has 0 aliphatic carbocycles. The fourth-order valence-electron chi connectivity index (χ4n) is 2.48. The fraction of sp³-hybridized carbons (Fsp3) is 0.188. The molecule has 4 heteroatoms. The van der Waals surface area contributed by atoms with Gasteiger partial charge in [-0.25, -0.2) is 4.98 Å². The van der Waals surface area contributed by atoms with E-state index in [9.17, 15) is 0 Å². The van der Waals surface area contributed by atoms with Crippen molar-refractivity contribution in [2.24, 2.45) is 0 Å². The predicted octanol–water partition coefficient (Wildman–Crippen LogP) is 3.88. The Morgan fingerprint density at radius 3 is 2.75 bits per heavy atom. The number of nitrogen functional groups attached to an aromatic ring is 1. The van der Waals surface area contributed by atoms with E-state index in [-0.39, 0.29) is 0 Å². The quantitative estimate of drug-likeness (QED) is 0.742. The van der Waals surface area contributed by atoms with Gasteiger partial charge in [-0.15, -0.1) is 0 Å². The lowest BCUT2D eigenvalue weighted by Gasteiger charge is -2.07. The first kappa shape index (κ1) is 13.0. The van der Waals surface area contributed by atoms with Gasteiger partial charge in [-0.2, -0.15) is 0 Å². The molecule has 2 N–H and O–H groups in total. The molecule has 0 saturated heterocycles. The maximum absolute atomic E-state index is 6.08. The smallest absolute Gasteiger partial charge is 0.114 e. The number of imidazole rings is 1. The first-order valence-electron chi connectivity index (χ1n) is 6.67. The molecular weight excluding hydrogens is 270 g/mol. The molecule has 2 aromatic carbocycles. The summed E-state index contributed by atoms with van der Waals surface area (Å²) >= 11 is 6.08. The van der Waals surface area contributed by atoms with E-state index in [1.165, 1.54) is 5.52 Å². The Bertz CT molecular complexity index is 762. The van der Waals surface area contributed by atoms with Crippen molar-refractivity contribution in [1.82, 2.24) is 9.55 Å². The largest absolute Gasteiger partial charge is 0.398 e. The summed E-state index contributed by atoms with van der Waals surface area (Å²) in [6, 6.07) is 14.0. The van der Waals surface area contributed by atoms with Crippen molar-refractivity contribution in [3.63, 3.8) is 0 Å². The van der Waals surface area contributed by atoms with Crippen molar-refractivity contribution >= 4 is 28.3 Å². The number of aryl methyl sites for hydroxylation is 1. The molecule has 1 heterocycles. The Labute approximate surface area is 123 Å². The van der Waals surface area contributed by atoms with Crippen molar-refractivity contribution in [2.75, 3.05) is 5.73 Å². The van der Waals surface area contributed by atoms with Crippen LogP contribution in [0.4, 0.5) is 5.69 Å². The number of anilines is 1. The summed E-state index contributed by atoms with van der Waals surface area (Å²) in [5.74, 6) is 1.05. The second-order valence-corrected chi connectivity index (χ2v) is 5.20. The molecule has 0 spiro atoms. The predicted molar refractivity (Wildman–Crippen MR) is 84.1 cm³/mol. The highest BCUT2D eigenvalue weighted by atomic mass is 35.5. The van der Waals surface area contributed by atoms with Gasteiger partial charge in [0.2, 0.25) is 0 Å². The van der Waals surface area contributed by atoms with Gasteiger partial charge in [-0.05, 0) is 36.8 Å². The zero-order valence-corrected chi connectivity index (χ0v) is 12.1. The Kier molecular flexibility index (Phi) is 3.36. The lowest BCUT2D eigenvalue weighted by atomic mass is 10.1. The molecule has 0 bridgehead atoms. The van der Waals surface area contributed by atoms with Crippen LogP contribution >= 0.6 is 11.6 Å². The molecule has 0 atom stereocenters. The number of hydrogen-bond acceptors (Lipinski definition) is 2. The number of benzene rings is 2. The van der Waals surface area contributed by atoms with Crippen LogP contribution in [-0.2, 0) is 13.0 Å². The molecule has 0 aliphatic heterocycles. The summed E-state index contributed by atoms with van der Waals surface area (Å²) in [6.45, 7) is 3.03. The summed E-state index contributed by atoms with van der Waals surface area (Å²) in [7, 11) is 0. The van der Waals surface area contributed by atoms with Gasteiger partial charge in [-0.3, -0.25) is 0 Å². The third-order valence-corrected chi connectivity index (χ3v) is 3.80. The Balaban J connectivity index is 2.03. The second kappa shape index (κ2) is 5.17. The standard InChI is InChI=1S/C16H16ClN3/c1-2-20-15-6-4-3-5-14(15)19-16(20)10-11-7-8-13(18)12(17)9-11/h3-9H,2,10,18H2,1H3. The maximum Gasteiger partial charge on any atom is 0.114 e. The van der Waals surface area contributed by atoms with E-state index < -0.39 is 0 Å². The minimum atomic E-state index is 0.599. The first-order chi connectivity index (χ1) is 9.69. The molecule has 0 unspecified atom stereocenters. The van der Waals surface area contributed by atoms with E-state index in [1.807, 2.05) is 36.4 Å². The third-order valence-electron chi connectivity index (χ3n) is 3.48. The lowest BCUT2D eigenvalue weighted by molar-refractivity contribution is 0.733. The van der Waals surface area contributed by atoms with Gasteiger partial charge >= 0.3 is 0 Å². The van der Waals surface area contributed by atoms with Gasteiger partial charge < -0.3 is 10.3 Å². The molecule has 0 radical (unpaired) electrons. The SMILES string of the molecule is CCn1c(Cc2ccc(N)c(Cl)c2)nc2ccccc21. The van der Waals surface area contributed by atoms with Crippen LogP contribution in [0.3, 0.4) is 0 Å². The highest BCUT2D eigenvalue weighted by Crippen LogP contribution is 2.23. The Morgan fingerprint density at radius 1 is 1.20 bits per heavy atom. The molecule has 0 aliphatic rings. The Hall–Kier alpha value is -2.00. The van der Waals surface area contributed by atoms with Crippen LogP contribution in [0.5, 0.6) is 0 Å². The first-order valence-corrected chi connectivity index (χ1v) is 7.05. The highest BCUT2D eigenvalue weighted by Gasteiger charge is 2.10. The Morgan fingerprint density at radius 2 is 2.00 bits per heavy atom. The fourth-order valence-corrected chi connectivity index (χ4v) is 2.68. The van der Waals surface area contributed by atoms with Crippen LogP contribution in [0.15, 0.2) is 42.5 Å². The van der Waals surface area contributed by atoms with Crippen LogP contribution in [0, 0.1) is 0 Å². The van der Waals surface area contributed by atoms with Crippen molar-refractivity contribution in [3.8, 4) is 0 Å². The average molecular weight is 286 g/mol. The number of rotatable bonds is 3. The number of hydrogen-bond donors (Lipinski definition) is 1. The third kappa shape index (κ3) is 2.25. The van der Waals surface area contributed by atoms with Crippen LogP contribution < -0.4 is 5.73 Å². The van der Waals surface area contributed by atoms with E-state index in [4.69, 9.17) is 22.3 Å². The van der Waals surface area contributed by atoms with Crippen molar-refractivity contribution in [2.45, 2.75) is 19.9 Å². The van der Waals surface area contributed by atoms with Gasteiger partial charge in [0.25, 0.3) is 0 Å². The molecule has 0 fully saturated rings. The van der Waals surface area contributed by atoms with Gasteiger partial charge in [0, 0.05) is 13.0 Å². The molecule has 0 amide bonds.